The molecule has 1 heterocycles. The average Bonchev–Trinajstić information content (AvgIpc) is 2.79. The van der Waals surface area contributed by atoms with Crippen LogP contribution < -0.4 is 0 Å². The molecule has 1 aromatic heterocycles. The number of thiophene rings is 1. The third-order valence-electron chi connectivity index (χ3n) is 2.33. The zero-order chi connectivity index (χ0) is 12.7. The molecule has 0 saturated heterocycles. The van der Waals surface area contributed by atoms with Crippen molar-refractivity contribution in [1.82, 2.24) is 4.90 Å². The van der Waals surface area contributed by atoms with E-state index in [1.54, 1.807) is 28.4 Å². The first-order chi connectivity index (χ1) is 8.15. The Morgan fingerprint density at radius 3 is 2.94 bits per heavy atom. The lowest BCUT2D eigenvalue weighted by Gasteiger charge is -2.24. The zero-order valence-corrected chi connectivity index (χ0v) is 10.9. The average molecular weight is 248 g/mol. The van der Waals surface area contributed by atoms with E-state index in [1.165, 1.54) is 0 Å². The highest BCUT2D eigenvalue weighted by Crippen LogP contribution is 2.09. The molecule has 90 valence electrons. The first kappa shape index (κ1) is 13.5. The molecule has 0 aliphatic rings. The van der Waals surface area contributed by atoms with E-state index in [0.29, 0.717) is 13.0 Å². The fraction of sp³-hybridized carbons (Fsp3) is 0.385. The molecule has 0 N–H and O–H groups in total. The number of nitrogens with zero attached hydrogens (tertiary/aromatic N) is 2. The molecule has 0 aliphatic carbocycles. The second-order valence-electron chi connectivity index (χ2n) is 3.92. The van der Waals surface area contributed by atoms with Crippen LogP contribution in [-0.2, 0) is 4.79 Å². The molecule has 4 heteroatoms. The fourth-order valence-electron chi connectivity index (χ4n) is 1.43. The fourth-order valence-corrected chi connectivity index (χ4v) is 2.05. The molecule has 3 nitrogen and oxygen atoms in total. The van der Waals surface area contributed by atoms with E-state index in [0.717, 1.165) is 5.56 Å². The smallest absolute Gasteiger partial charge is 0.246 e. The summed E-state index contributed by atoms with van der Waals surface area (Å²) in [4.78, 5) is 13.6. The van der Waals surface area contributed by atoms with Crippen molar-refractivity contribution in [2.45, 2.75) is 26.3 Å². The van der Waals surface area contributed by atoms with Gasteiger partial charge in [-0.25, -0.2) is 0 Å². The lowest BCUT2D eigenvalue weighted by molar-refractivity contribution is -0.127. The molecule has 0 unspecified atom stereocenters. The van der Waals surface area contributed by atoms with Gasteiger partial charge in [0, 0.05) is 18.7 Å². The quantitative estimate of drug-likeness (QED) is 0.752. The molecule has 0 fully saturated rings. The van der Waals surface area contributed by atoms with E-state index in [9.17, 15) is 4.79 Å². The Morgan fingerprint density at radius 2 is 2.41 bits per heavy atom. The lowest BCUT2D eigenvalue weighted by Crippen LogP contribution is -2.36. The van der Waals surface area contributed by atoms with Gasteiger partial charge < -0.3 is 4.90 Å². The number of rotatable bonds is 5. The standard InChI is InChI=1S/C13H16N2OS/c1-11(2)15(8-3-7-14)13(16)5-4-12-6-9-17-10-12/h4-6,9-11H,3,8H2,1-2H3/b5-4-. The van der Waals surface area contributed by atoms with Crippen LogP contribution in [0.1, 0.15) is 25.8 Å². The highest BCUT2D eigenvalue weighted by atomic mass is 32.1. The summed E-state index contributed by atoms with van der Waals surface area (Å²) in [6, 6.07) is 4.14. The van der Waals surface area contributed by atoms with E-state index in [-0.39, 0.29) is 11.9 Å². The number of carbonyl (C=O) groups excluding carboxylic acids is 1. The Labute approximate surface area is 106 Å². The van der Waals surface area contributed by atoms with Crippen LogP contribution in [0.25, 0.3) is 6.08 Å². The number of hydrogen-bond donors (Lipinski definition) is 0. The van der Waals surface area contributed by atoms with Crippen LogP contribution in [0.3, 0.4) is 0 Å². The summed E-state index contributed by atoms with van der Waals surface area (Å²) in [5.74, 6) is -0.0403. The summed E-state index contributed by atoms with van der Waals surface area (Å²) in [5.41, 5.74) is 1.03. The van der Waals surface area contributed by atoms with Gasteiger partial charge in [-0.1, -0.05) is 0 Å². The van der Waals surface area contributed by atoms with Crippen molar-refractivity contribution in [3.8, 4) is 6.07 Å². The normalized spacial score (nSPS) is 10.7. The van der Waals surface area contributed by atoms with Crippen molar-refractivity contribution in [3.63, 3.8) is 0 Å². The summed E-state index contributed by atoms with van der Waals surface area (Å²) in [6.07, 6.45) is 3.75. The highest BCUT2D eigenvalue weighted by Gasteiger charge is 2.13. The second kappa shape index (κ2) is 6.87. The predicted molar refractivity (Wildman–Crippen MR) is 70.4 cm³/mol. The molecule has 1 rings (SSSR count). The van der Waals surface area contributed by atoms with Crippen LogP contribution in [0.15, 0.2) is 22.9 Å². The SMILES string of the molecule is CC(C)N(CCC#N)C(=O)/C=C\c1ccsc1. The van der Waals surface area contributed by atoms with Crippen LogP contribution >= 0.6 is 11.3 Å². The monoisotopic (exact) mass is 248 g/mol. The van der Waals surface area contributed by atoms with E-state index >= 15 is 0 Å². The van der Waals surface area contributed by atoms with Gasteiger partial charge in [0.2, 0.25) is 5.91 Å². The van der Waals surface area contributed by atoms with Gasteiger partial charge in [-0.05, 0) is 42.3 Å². The molecule has 0 aromatic carbocycles. The van der Waals surface area contributed by atoms with Gasteiger partial charge in [-0.15, -0.1) is 0 Å². The first-order valence-corrected chi connectivity index (χ1v) is 6.47. The molecule has 1 aromatic rings. The minimum absolute atomic E-state index is 0.0403. The third kappa shape index (κ3) is 4.41. The van der Waals surface area contributed by atoms with Gasteiger partial charge in [0.15, 0.2) is 0 Å². The van der Waals surface area contributed by atoms with E-state index < -0.39 is 0 Å². The van der Waals surface area contributed by atoms with Crippen LogP contribution in [0.2, 0.25) is 0 Å². The number of amides is 1. The molecule has 0 saturated carbocycles. The Morgan fingerprint density at radius 1 is 1.65 bits per heavy atom. The Hall–Kier alpha value is -1.60. The number of hydrogen-bond acceptors (Lipinski definition) is 3. The molecule has 17 heavy (non-hydrogen) atoms. The van der Waals surface area contributed by atoms with Crippen LogP contribution in [-0.4, -0.2) is 23.4 Å². The summed E-state index contributed by atoms with van der Waals surface area (Å²) in [5, 5.41) is 12.5. The Kier molecular flexibility index (Phi) is 5.44. The van der Waals surface area contributed by atoms with E-state index in [4.69, 9.17) is 5.26 Å². The van der Waals surface area contributed by atoms with E-state index in [1.807, 2.05) is 30.7 Å². The lowest BCUT2D eigenvalue weighted by atomic mass is 10.2. The summed E-state index contributed by atoms with van der Waals surface area (Å²) < 4.78 is 0. The predicted octanol–water partition coefficient (Wildman–Crippen LogP) is 2.91. The van der Waals surface area contributed by atoms with Crippen molar-refractivity contribution >= 4 is 23.3 Å². The molecule has 0 aliphatic heterocycles. The van der Waals surface area contributed by atoms with Gasteiger partial charge in [-0.3, -0.25) is 4.79 Å². The molecule has 0 atom stereocenters. The van der Waals surface area contributed by atoms with Crippen LogP contribution in [0.4, 0.5) is 0 Å². The van der Waals surface area contributed by atoms with Crippen LogP contribution in [0, 0.1) is 11.3 Å². The summed E-state index contributed by atoms with van der Waals surface area (Å²) >= 11 is 1.60. The third-order valence-corrected chi connectivity index (χ3v) is 3.03. The molecule has 0 spiro atoms. The molecule has 0 bridgehead atoms. The largest absolute Gasteiger partial charge is 0.336 e. The molecular weight excluding hydrogens is 232 g/mol. The number of nitriles is 1. The van der Waals surface area contributed by atoms with Gasteiger partial charge in [0.25, 0.3) is 0 Å². The van der Waals surface area contributed by atoms with E-state index in [2.05, 4.69) is 6.07 Å². The maximum Gasteiger partial charge on any atom is 0.246 e. The summed E-state index contributed by atoms with van der Waals surface area (Å²) in [7, 11) is 0. The maximum atomic E-state index is 11.9. The van der Waals surface area contributed by atoms with Crippen molar-refractivity contribution in [3.05, 3.63) is 28.5 Å². The van der Waals surface area contributed by atoms with Gasteiger partial charge in [0.05, 0.1) is 12.5 Å². The van der Waals surface area contributed by atoms with Crippen molar-refractivity contribution in [2.24, 2.45) is 0 Å². The first-order valence-electron chi connectivity index (χ1n) is 5.53. The van der Waals surface area contributed by atoms with Crippen molar-refractivity contribution in [1.29, 1.82) is 5.26 Å². The number of carbonyl (C=O) groups is 1. The maximum absolute atomic E-state index is 11.9. The minimum Gasteiger partial charge on any atom is -0.336 e. The van der Waals surface area contributed by atoms with Crippen LogP contribution in [0.5, 0.6) is 0 Å². The van der Waals surface area contributed by atoms with Crippen molar-refractivity contribution < 1.29 is 4.79 Å². The second-order valence-corrected chi connectivity index (χ2v) is 4.70. The van der Waals surface area contributed by atoms with Gasteiger partial charge in [0.1, 0.15) is 0 Å². The van der Waals surface area contributed by atoms with Crippen molar-refractivity contribution in [2.75, 3.05) is 6.54 Å². The Balaban J connectivity index is 2.62. The van der Waals surface area contributed by atoms with Gasteiger partial charge in [-0.2, -0.15) is 16.6 Å². The Bertz CT molecular complexity index is 415. The minimum atomic E-state index is -0.0403. The van der Waals surface area contributed by atoms with Gasteiger partial charge >= 0.3 is 0 Å². The molecular formula is C13H16N2OS. The summed E-state index contributed by atoms with van der Waals surface area (Å²) in [6.45, 7) is 4.39. The molecule has 0 radical (unpaired) electrons. The molecule has 1 amide bonds. The highest BCUT2D eigenvalue weighted by molar-refractivity contribution is 7.08. The topological polar surface area (TPSA) is 44.1 Å². The zero-order valence-electron chi connectivity index (χ0n) is 10.1.